The Balaban J connectivity index is 2.06. The second kappa shape index (κ2) is 6.62. The third-order valence-corrected chi connectivity index (χ3v) is 4.75. The molecule has 3 heteroatoms. The molecule has 0 unspecified atom stereocenters. The van der Waals surface area contributed by atoms with E-state index in [0.717, 1.165) is 21.9 Å². The minimum Gasteiger partial charge on any atom is -0.496 e. The summed E-state index contributed by atoms with van der Waals surface area (Å²) in [7, 11) is 1.63. The lowest BCUT2D eigenvalue weighted by atomic mass is 9.79. The summed E-state index contributed by atoms with van der Waals surface area (Å²) in [6.45, 7) is 0. The van der Waals surface area contributed by atoms with Crippen molar-refractivity contribution in [3.63, 3.8) is 0 Å². The summed E-state index contributed by atoms with van der Waals surface area (Å²) in [5.74, 6) is 0.645. The van der Waals surface area contributed by atoms with E-state index in [1.807, 2.05) is 78.9 Å². The summed E-state index contributed by atoms with van der Waals surface area (Å²) in [6, 6.07) is 25.3. The highest BCUT2D eigenvalue weighted by Crippen LogP contribution is 2.42. The van der Waals surface area contributed by atoms with Crippen molar-refractivity contribution in [3.05, 3.63) is 108 Å². The van der Waals surface area contributed by atoms with Crippen LogP contribution in [-0.4, -0.2) is 17.2 Å². The minimum absolute atomic E-state index is 0.645. The zero-order valence-electron chi connectivity index (χ0n) is 14.5. The highest BCUT2D eigenvalue weighted by molar-refractivity contribution is 5.85. The maximum Gasteiger partial charge on any atom is 0.144 e. The number of aliphatic hydroxyl groups is 1. The van der Waals surface area contributed by atoms with E-state index in [9.17, 15) is 5.11 Å². The van der Waals surface area contributed by atoms with Gasteiger partial charge >= 0.3 is 0 Å². The van der Waals surface area contributed by atoms with Gasteiger partial charge in [-0.15, -0.1) is 0 Å². The Labute approximate surface area is 152 Å². The largest absolute Gasteiger partial charge is 0.496 e. The molecule has 128 valence electrons. The third-order valence-electron chi connectivity index (χ3n) is 4.75. The summed E-state index contributed by atoms with van der Waals surface area (Å²) in [6.07, 6.45) is 3.38. The number of ether oxygens (including phenoxy) is 1. The van der Waals surface area contributed by atoms with Crippen molar-refractivity contribution in [2.45, 2.75) is 5.60 Å². The van der Waals surface area contributed by atoms with Crippen LogP contribution in [0.5, 0.6) is 5.75 Å². The Morgan fingerprint density at radius 3 is 2.00 bits per heavy atom. The third kappa shape index (κ3) is 2.63. The first-order chi connectivity index (χ1) is 12.7. The van der Waals surface area contributed by atoms with Crippen molar-refractivity contribution in [1.82, 2.24) is 4.98 Å². The molecule has 0 bridgehead atoms. The maximum atomic E-state index is 12.0. The standard InChI is InChI=1S/C23H19NO2/c1-26-22-16-18-8-6-5-7-17(18)15-21(22)23(25,19-9-3-2-4-10-19)20-11-13-24-14-12-20/h2-16,25H,1H3/t23-/m0/s1. The Hall–Kier alpha value is -3.17. The molecule has 0 saturated carbocycles. The van der Waals surface area contributed by atoms with E-state index in [2.05, 4.69) is 4.98 Å². The van der Waals surface area contributed by atoms with Gasteiger partial charge in [-0.05, 0) is 46.2 Å². The van der Waals surface area contributed by atoms with E-state index in [0.29, 0.717) is 11.3 Å². The van der Waals surface area contributed by atoms with Gasteiger partial charge in [0, 0.05) is 18.0 Å². The van der Waals surface area contributed by atoms with Crippen LogP contribution in [0.1, 0.15) is 16.7 Å². The van der Waals surface area contributed by atoms with Crippen LogP contribution in [0.4, 0.5) is 0 Å². The van der Waals surface area contributed by atoms with Crippen molar-refractivity contribution in [1.29, 1.82) is 0 Å². The average Bonchev–Trinajstić information content (AvgIpc) is 2.73. The zero-order valence-corrected chi connectivity index (χ0v) is 14.5. The number of nitrogens with zero attached hydrogens (tertiary/aromatic N) is 1. The van der Waals surface area contributed by atoms with Crippen LogP contribution in [0.3, 0.4) is 0 Å². The molecule has 0 saturated heterocycles. The summed E-state index contributed by atoms with van der Waals surface area (Å²) < 4.78 is 5.67. The molecule has 1 aromatic heterocycles. The average molecular weight is 341 g/mol. The van der Waals surface area contributed by atoms with Crippen molar-refractivity contribution < 1.29 is 9.84 Å². The maximum absolute atomic E-state index is 12.0. The molecular formula is C23H19NO2. The number of benzene rings is 3. The van der Waals surface area contributed by atoms with Gasteiger partial charge in [0.15, 0.2) is 0 Å². The quantitative estimate of drug-likeness (QED) is 0.593. The molecule has 3 aromatic carbocycles. The van der Waals surface area contributed by atoms with Gasteiger partial charge < -0.3 is 9.84 Å². The van der Waals surface area contributed by atoms with Gasteiger partial charge in [0.05, 0.1) is 7.11 Å². The molecule has 0 spiro atoms. The molecule has 3 nitrogen and oxygen atoms in total. The number of fused-ring (bicyclic) bond motifs is 1. The highest BCUT2D eigenvalue weighted by Gasteiger charge is 2.36. The fourth-order valence-corrected chi connectivity index (χ4v) is 3.42. The second-order valence-corrected chi connectivity index (χ2v) is 6.21. The molecule has 0 aliphatic carbocycles. The van der Waals surface area contributed by atoms with Crippen molar-refractivity contribution >= 4 is 10.8 Å². The first kappa shape index (κ1) is 16.3. The fourth-order valence-electron chi connectivity index (χ4n) is 3.42. The van der Waals surface area contributed by atoms with Crippen molar-refractivity contribution in [3.8, 4) is 5.75 Å². The highest BCUT2D eigenvalue weighted by atomic mass is 16.5. The van der Waals surface area contributed by atoms with E-state index >= 15 is 0 Å². The number of hydrogen-bond acceptors (Lipinski definition) is 3. The number of aromatic nitrogens is 1. The predicted molar refractivity (Wildman–Crippen MR) is 103 cm³/mol. The van der Waals surface area contributed by atoms with Gasteiger partial charge in [-0.3, -0.25) is 4.98 Å². The Kier molecular flexibility index (Phi) is 4.15. The molecule has 0 aliphatic heterocycles. The van der Waals surface area contributed by atoms with E-state index in [1.165, 1.54) is 0 Å². The first-order valence-corrected chi connectivity index (χ1v) is 8.49. The Bertz CT molecular complexity index is 990. The van der Waals surface area contributed by atoms with Crippen LogP contribution < -0.4 is 4.74 Å². The zero-order chi connectivity index (χ0) is 18.0. The van der Waals surface area contributed by atoms with Gasteiger partial charge in [-0.1, -0.05) is 54.6 Å². The van der Waals surface area contributed by atoms with Gasteiger partial charge in [-0.2, -0.15) is 0 Å². The lowest BCUT2D eigenvalue weighted by Crippen LogP contribution is -2.29. The van der Waals surface area contributed by atoms with Gasteiger partial charge in [-0.25, -0.2) is 0 Å². The molecule has 1 heterocycles. The normalized spacial score (nSPS) is 13.3. The molecule has 0 aliphatic rings. The number of hydrogen-bond donors (Lipinski definition) is 1. The van der Waals surface area contributed by atoms with Gasteiger partial charge in [0.2, 0.25) is 0 Å². The van der Waals surface area contributed by atoms with Crippen LogP contribution in [0.25, 0.3) is 10.8 Å². The molecular weight excluding hydrogens is 322 g/mol. The van der Waals surface area contributed by atoms with E-state index in [-0.39, 0.29) is 0 Å². The molecule has 26 heavy (non-hydrogen) atoms. The molecule has 4 rings (SSSR count). The van der Waals surface area contributed by atoms with Crippen LogP contribution in [0.15, 0.2) is 91.3 Å². The van der Waals surface area contributed by atoms with Gasteiger partial charge in [0.1, 0.15) is 11.4 Å². The molecule has 1 atom stereocenters. The van der Waals surface area contributed by atoms with E-state index in [1.54, 1.807) is 19.5 Å². The Morgan fingerprint density at radius 2 is 1.35 bits per heavy atom. The minimum atomic E-state index is -1.35. The van der Waals surface area contributed by atoms with Crippen LogP contribution in [0.2, 0.25) is 0 Å². The molecule has 1 N–H and O–H groups in total. The molecule has 0 amide bonds. The van der Waals surface area contributed by atoms with Crippen molar-refractivity contribution in [2.75, 3.05) is 7.11 Å². The first-order valence-electron chi connectivity index (χ1n) is 8.49. The molecule has 0 fully saturated rings. The van der Waals surface area contributed by atoms with E-state index in [4.69, 9.17) is 4.74 Å². The topological polar surface area (TPSA) is 42.4 Å². The number of rotatable bonds is 4. The summed E-state index contributed by atoms with van der Waals surface area (Å²) in [5, 5.41) is 14.1. The molecule has 4 aromatic rings. The monoisotopic (exact) mass is 341 g/mol. The SMILES string of the molecule is COc1cc2ccccc2cc1[C@](O)(c1ccccc1)c1ccncc1. The lowest BCUT2D eigenvalue weighted by molar-refractivity contribution is 0.122. The second-order valence-electron chi connectivity index (χ2n) is 6.21. The lowest BCUT2D eigenvalue weighted by Gasteiger charge is -2.31. The number of pyridine rings is 1. The number of methoxy groups -OCH3 is 1. The van der Waals surface area contributed by atoms with Crippen LogP contribution in [-0.2, 0) is 5.60 Å². The summed E-state index contributed by atoms with van der Waals surface area (Å²) >= 11 is 0. The fraction of sp³-hybridized carbons (Fsp3) is 0.0870. The summed E-state index contributed by atoms with van der Waals surface area (Å²) in [5.41, 5.74) is 0.878. The van der Waals surface area contributed by atoms with Crippen molar-refractivity contribution in [2.24, 2.45) is 0 Å². The van der Waals surface area contributed by atoms with E-state index < -0.39 is 5.60 Å². The molecule has 0 radical (unpaired) electrons. The van der Waals surface area contributed by atoms with Gasteiger partial charge in [0.25, 0.3) is 0 Å². The summed E-state index contributed by atoms with van der Waals surface area (Å²) in [4.78, 5) is 4.10. The Morgan fingerprint density at radius 1 is 0.769 bits per heavy atom. The van der Waals surface area contributed by atoms with Crippen LogP contribution in [0, 0.1) is 0 Å². The predicted octanol–water partition coefficient (Wildman–Crippen LogP) is 4.53. The van der Waals surface area contributed by atoms with Crippen LogP contribution >= 0.6 is 0 Å². The smallest absolute Gasteiger partial charge is 0.144 e.